The van der Waals surface area contributed by atoms with E-state index in [9.17, 15) is 22.4 Å². The molecule has 0 unspecified atom stereocenters. The van der Waals surface area contributed by atoms with Crippen LogP contribution in [0.25, 0.3) is 11.3 Å². The third-order valence-corrected chi connectivity index (χ3v) is 3.50. The summed E-state index contributed by atoms with van der Waals surface area (Å²) in [5, 5.41) is 4.24. The predicted molar refractivity (Wildman–Crippen MR) is 77.6 cm³/mol. The molecule has 1 N–H and O–H groups in total. The van der Waals surface area contributed by atoms with Crippen molar-refractivity contribution in [3.63, 3.8) is 0 Å². The molecule has 4 nitrogen and oxygen atoms in total. The second-order valence-corrected chi connectivity index (χ2v) is 5.46. The first-order chi connectivity index (χ1) is 10.7. The van der Waals surface area contributed by atoms with Gasteiger partial charge < -0.3 is 4.74 Å². The van der Waals surface area contributed by atoms with Gasteiger partial charge in [0.05, 0.1) is 5.69 Å². The summed E-state index contributed by atoms with van der Waals surface area (Å²) in [6.45, 7) is -0.282. The number of carbonyl (C=O) groups is 1. The lowest BCUT2D eigenvalue weighted by molar-refractivity contribution is -0.184. The van der Waals surface area contributed by atoms with Gasteiger partial charge in [-0.25, -0.2) is 9.37 Å². The minimum absolute atomic E-state index is 0.219. The number of amides is 1. The molecule has 1 aromatic heterocycles. The number of rotatable bonds is 5. The molecule has 9 heteroatoms. The van der Waals surface area contributed by atoms with Crippen LogP contribution in [0.4, 0.5) is 22.7 Å². The monoisotopic (exact) mass is 348 g/mol. The quantitative estimate of drug-likeness (QED) is 0.835. The Hall–Kier alpha value is -2.00. The molecule has 0 saturated carbocycles. The van der Waals surface area contributed by atoms with Crippen molar-refractivity contribution in [1.82, 2.24) is 4.98 Å². The van der Waals surface area contributed by atoms with Gasteiger partial charge >= 0.3 is 6.18 Å². The van der Waals surface area contributed by atoms with Crippen molar-refractivity contribution in [3.05, 3.63) is 35.5 Å². The van der Waals surface area contributed by atoms with Crippen molar-refractivity contribution in [1.29, 1.82) is 0 Å². The fourth-order valence-electron chi connectivity index (χ4n) is 1.59. The van der Waals surface area contributed by atoms with Crippen LogP contribution in [0, 0.1) is 5.82 Å². The second kappa shape index (κ2) is 7.05. The highest BCUT2D eigenvalue weighted by Gasteiger charge is 2.30. The van der Waals surface area contributed by atoms with Crippen LogP contribution in [-0.4, -0.2) is 29.8 Å². The lowest BCUT2D eigenvalue weighted by atomic mass is 10.2. The van der Waals surface area contributed by atoms with Crippen LogP contribution in [0.1, 0.15) is 6.92 Å². The summed E-state index contributed by atoms with van der Waals surface area (Å²) < 4.78 is 53.4. The van der Waals surface area contributed by atoms with Gasteiger partial charge in [0, 0.05) is 10.9 Å². The van der Waals surface area contributed by atoms with Crippen LogP contribution in [0.2, 0.25) is 0 Å². The second-order valence-electron chi connectivity index (χ2n) is 4.60. The summed E-state index contributed by atoms with van der Waals surface area (Å²) in [6.07, 6.45) is -5.76. The van der Waals surface area contributed by atoms with E-state index in [-0.39, 0.29) is 10.9 Å². The molecule has 0 fully saturated rings. The Morgan fingerprint density at radius 1 is 1.35 bits per heavy atom. The molecule has 2 rings (SSSR count). The SMILES string of the molecule is C[C@H](OCC(F)(F)F)C(=O)Nc1nc(-c2ccc(F)cc2)cs1. The van der Waals surface area contributed by atoms with E-state index in [1.807, 2.05) is 0 Å². The molecule has 124 valence electrons. The average Bonchev–Trinajstić information content (AvgIpc) is 2.93. The van der Waals surface area contributed by atoms with Gasteiger partial charge in [0.1, 0.15) is 18.5 Å². The first-order valence-electron chi connectivity index (χ1n) is 6.45. The van der Waals surface area contributed by atoms with E-state index in [0.717, 1.165) is 11.3 Å². The third-order valence-electron chi connectivity index (χ3n) is 2.74. The topological polar surface area (TPSA) is 51.2 Å². The fraction of sp³-hybridized carbons (Fsp3) is 0.286. The van der Waals surface area contributed by atoms with Crippen molar-refractivity contribution < 1.29 is 27.1 Å². The minimum Gasteiger partial charge on any atom is -0.359 e. The van der Waals surface area contributed by atoms with Crippen molar-refractivity contribution >= 4 is 22.4 Å². The Labute approximate surface area is 133 Å². The van der Waals surface area contributed by atoms with Gasteiger partial charge in [0.2, 0.25) is 0 Å². The zero-order chi connectivity index (χ0) is 17.0. The van der Waals surface area contributed by atoms with Crippen LogP contribution in [0.15, 0.2) is 29.6 Å². The molecule has 0 spiro atoms. The molecule has 0 aliphatic carbocycles. The van der Waals surface area contributed by atoms with Crippen LogP contribution in [0.3, 0.4) is 0 Å². The number of thiazole rings is 1. The largest absolute Gasteiger partial charge is 0.411 e. The number of ether oxygens (including phenoxy) is 1. The molecule has 0 aliphatic rings. The van der Waals surface area contributed by atoms with Gasteiger partial charge in [0.15, 0.2) is 5.13 Å². The normalized spacial score (nSPS) is 12.9. The molecule has 0 radical (unpaired) electrons. The molecule has 1 aromatic carbocycles. The highest BCUT2D eigenvalue weighted by atomic mass is 32.1. The molecule has 2 aromatic rings. The van der Waals surface area contributed by atoms with Crippen LogP contribution in [0.5, 0.6) is 0 Å². The number of nitrogens with one attached hydrogen (secondary N) is 1. The number of nitrogens with zero attached hydrogens (tertiary/aromatic N) is 1. The molecule has 1 atom stereocenters. The standard InChI is InChI=1S/C14H12F4N2O2S/c1-8(22-7-14(16,17)18)12(21)20-13-19-11(6-23-13)9-2-4-10(15)5-3-9/h2-6,8H,7H2,1H3,(H,19,20,21)/t8-/m0/s1. The van der Waals surface area contributed by atoms with Crippen molar-refractivity contribution in [2.24, 2.45) is 0 Å². The summed E-state index contributed by atoms with van der Waals surface area (Å²) in [6, 6.07) is 5.62. The molecule has 0 aliphatic heterocycles. The Morgan fingerprint density at radius 2 is 2.00 bits per heavy atom. The number of carbonyl (C=O) groups excluding carboxylic acids is 1. The molecular weight excluding hydrogens is 336 g/mol. The van der Waals surface area contributed by atoms with Crippen LogP contribution < -0.4 is 5.32 Å². The Bertz CT molecular complexity index is 670. The van der Waals surface area contributed by atoms with Gasteiger partial charge in [-0.1, -0.05) is 0 Å². The van der Waals surface area contributed by atoms with Gasteiger partial charge in [-0.05, 0) is 31.2 Å². The van der Waals surface area contributed by atoms with E-state index in [0.29, 0.717) is 11.3 Å². The zero-order valence-corrected chi connectivity index (χ0v) is 12.7. The minimum atomic E-state index is -4.49. The fourth-order valence-corrected chi connectivity index (χ4v) is 2.31. The van der Waals surface area contributed by atoms with Gasteiger partial charge in [0.25, 0.3) is 5.91 Å². The molecule has 23 heavy (non-hydrogen) atoms. The molecular formula is C14H12F4N2O2S. The van der Waals surface area contributed by atoms with Crippen molar-refractivity contribution in [2.75, 3.05) is 11.9 Å². The number of benzene rings is 1. The Morgan fingerprint density at radius 3 is 2.61 bits per heavy atom. The summed E-state index contributed by atoms with van der Waals surface area (Å²) in [7, 11) is 0. The number of hydrogen-bond donors (Lipinski definition) is 1. The maximum atomic E-state index is 12.9. The Balaban J connectivity index is 1.96. The third kappa shape index (κ3) is 5.29. The van der Waals surface area contributed by atoms with Gasteiger partial charge in [-0.2, -0.15) is 13.2 Å². The van der Waals surface area contributed by atoms with E-state index >= 15 is 0 Å². The highest BCUT2D eigenvalue weighted by Crippen LogP contribution is 2.25. The van der Waals surface area contributed by atoms with E-state index in [1.165, 1.54) is 31.2 Å². The first kappa shape index (κ1) is 17.4. The smallest absolute Gasteiger partial charge is 0.359 e. The number of alkyl halides is 3. The number of halogens is 4. The first-order valence-corrected chi connectivity index (χ1v) is 7.33. The molecule has 1 amide bonds. The molecule has 1 heterocycles. The number of hydrogen-bond acceptors (Lipinski definition) is 4. The van der Waals surface area contributed by atoms with Crippen LogP contribution >= 0.6 is 11.3 Å². The van der Waals surface area contributed by atoms with E-state index in [2.05, 4.69) is 15.0 Å². The van der Waals surface area contributed by atoms with Crippen LogP contribution in [-0.2, 0) is 9.53 Å². The lowest BCUT2D eigenvalue weighted by Crippen LogP contribution is -2.31. The summed E-state index contributed by atoms with van der Waals surface area (Å²) in [5.41, 5.74) is 1.18. The average molecular weight is 348 g/mol. The van der Waals surface area contributed by atoms with Crippen molar-refractivity contribution in [3.8, 4) is 11.3 Å². The zero-order valence-electron chi connectivity index (χ0n) is 11.9. The maximum Gasteiger partial charge on any atom is 0.411 e. The molecule has 0 saturated heterocycles. The molecule has 0 bridgehead atoms. The lowest BCUT2D eigenvalue weighted by Gasteiger charge is -2.13. The summed E-state index contributed by atoms with van der Waals surface area (Å²) >= 11 is 1.10. The predicted octanol–water partition coefficient (Wildman–Crippen LogP) is 3.86. The van der Waals surface area contributed by atoms with E-state index in [1.54, 1.807) is 5.38 Å². The van der Waals surface area contributed by atoms with E-state index < -0.39 is 24.8 Å². The highest BCUT2D eigenvalue weighted by molar-refractivity contribution is 7.14. The maximum absolute atomic E-state index is 12.9. The number of anilines is 1. The van der Waals surface area contributed by atoms with Gasteiger partial charge in [-0.15, -0.1) is 11.3 Å². The summed E-state index contributed by atoms with van der Waals surface area (Å²) in [5.74, 6) is -1.11. The Kier molecular flexibility index (Phi) is 5.32. The van der Waals surface area contributed by atoms with Gasteiger partial charge in [-0.3, -0.25) is 10.1 Å². The number of aromatic nitrogens is 1. The van der Waals surface area contributed by atoms with Crippen molar-refractivity contribution in [2.45, 2.75) is 19.2 Å². The van der Waals surface area contributed by atoms with E-state index in [4.69, 9.17) is 0 Å². The summed E-state index contributed by atoms with van der Waals surface area (Å²) in [4.78, 5) is 15.9.